The molecule has 0 aliphatic carbocycles. The van der Waals surface area contributed by atoms with E-state index in [9.17, 15) is 19.2 Å². The van der Waals surface area contributed by atoms with E-state index in [0.717, 1.165) is 4.90 Å². The zero-order valence-corrected chi connectivity index (χ0v) is 18.2. The SMILES string of the molecule is CCOC(=O)COc1ccc(C=C2NC(=O)N(Cc3ccc(C(=O)OC)o3)C2=O)cc1OC. The van der Waals surface area contributed by atoms with E-state index in [1.54, 1.807) is 25.1 Å². The summed E-state index contributed by atoms with van der Waals surface area (Å²) in [6.07, 6.45) is 1.47. The minimum absolute atomic E-state index is 0.0346. The molecule has 2 aromatic rings. The summed E-state index contributed by atoms with van der Waals surface area (Å²) in [4.78, 5) is 48.9. The zero-order valence-electron chi connectivity index (χ0n) is 18.2. The van der Waals surface area contributed by atoms with Crippen molar-refractivity contribution in [3.8, 4) is 11.5 Å². The van der Waals surface area contributed by atoms with Crippen LogP contribution in [0.25, 0.3) is 6.08 Å². The van der Waals surface area contributed by atoms with E-state index in [1.807, 2.05) is 0 Å². The van der Waals surface area contributed by atoms with Crippen LogP contribution in [-0.2, 0) is 25.6 Å². The Morgan fingerprint density at radius 1 is 1.12 bits per heavy atom. The van der Waals surface area contributed by atoms with Gasteiger partial charge in [-0.15, -0.1) is 0 Å². The third-order valence-corrected chi connectivity index (χ3v) is 4.47. The van der Waals surface area contributed by atoms with Gasteiger partial charge in [0.05, 0.1) is 27.4 Å². The molecule has 1 saturated heterocycles. The Hall–Kier alpha value is -4.28. The van der Waals surface area contributed by atoms with Crippen LogP contribution in [0.2, 0.25) is 0 Å². The van der Waals surface area contributed by atoms with Gasteiger partial charge in [-0.05, 0) is 42.8 Å². The lowest BCUT2D eigenvalue weighted by molar-refractivity contribution is -0.145. The Morgan fingerprint density at radius 2 is 1.91 bits per heavy atom. The molecular weight excluding hydrogens is 436 g/mol. The molecule has 3 rings (SSSR count). The van der Waals surface area contributed by atoms with Gasteiger partial charge >= 0.3 is 18.0 Å². The Balaban J connectivity index is 1.72. The highest BCUT2D eigenvalue weighted by atomic mass is 16.6. The summed E-state index contributed by atoms with van der Waals surface area (Å²) >= 11 is 0. The van der Waals surface area contributed by atoms with Crippen LogP contribution in [0.15, 0.2) is 40.4 Å². The highest BCUT2D eigenvalue weighted by Crippen LogP contribution is 2.29. The zero-order chi connectivity index (χ0) is 24.0. The number of carbonyl (C=O) groups is 4. The summed E-state index contributed by atoms with van der Waals surface area (Å²) in [5, 5.41) is 2.50. The molecule has 1 aliphatic rings. The molecule has 1 fully saturated rings. The molecule has 1 aromatic carbocycles. The second-order valence-electron chi connectivity index (χ2n) is 6.64. The highest BCUT2D eigenvalue weighted by Gasteiger charge is 2.34. The van der Waals surface area contributed by atoms with Crippen LogP contribution in [0.3, 0.4) is 0 Å². The summed E-state index contributed by atoms with van der Waals surface area (Å²) in [7, 11) is 2.65. The van der Waals surface area contributed by atoms with Crippen molar-refractivity contribution in [2.45, 2.75) is 13.5 Å². The number of benzene rings is 1. The first kappa shape index (κ1) is 23.4. The van der Waals surface area contributed by atoms with Crippen LogP contribution in [-0.4, -0.2) is 56.2 Å². The Bertz CT molecular complexity index is 1100. The standard InChI is InChI=1S/C22H22N2O9/c1-4-31-19(25)12-32-16-7-5-13(10-18(16)29-2)9-15-20(26)24(22(28)23-15)11-14-6-8-17(33-14)21(27)30-3/h5-10H,4,11-12H2,1-3H3,(H,23,28). The van der Waals surface area contributed by atoms with Gasteiger partial charge in [0.2, 0.25) is 5.76 Å². The van der Waals surface area contributed by atoms with Gasteiger partial charge in [-0.2, -0.15) is 0 Å². The maximum atomic E-state index is 12.7. The van der Waals surface area contributed by atoms with Crippen LogP contribution >= 0.6 is 0 Å². The molecule has 33 heavy (non-hydrogen) atoms. The number of methoxy groups -OCH3 is 2. The lowest BCUT2D eigenvalue weighted by Crippen LogP contribution is -2.30. The van der Waals surface area contributed by atoms with E-state index in [-0.39, 0.29) is 37.0 Å². The number of rotatable bonds is 9. The molecule has 0 bridgehead atoms. The number of nitrogens with zero attached hydrogens (tertiary/aromatic N) is 1. The molecule has 174 valence electrons. The van der Waals surface area contributed by atoms with Crippen molar-refractivity contribution in [2.75, 3.05) is 27.4 Å². The minimum Gasteiger partial charge on any atom is -0.493 e. The number of esters is 2. The number of hydrogen-bond donors (Lipinski definition) is 1. The van der Waals surface area contributed by atoms with Crippen molar-refractivity contribution >= 4 is 30.0 Å². The van der Waals surface area contributed by atoms with Crippen LogP contribution in [0.5, 0.6) is 11.5 Å². The van der Waals surface area contributed by atoms with Crippen LogP contribution < -0.4 is 14.8 Å². The van der Waals surface area contributed by atoms with Gasteiger partial charge in [0.1, 0.15) is 11.5 Å². The van der Waals surface area contributed by atoms with Gasteiger partial charge in [-0.1, -0.05) is 6.07 Å². The summed E-state index contributed by atoms with van der Waals surface area (Å²) in [5.41, 5.74) is 0.591. The van der Waals surface area contributed by atoms with Crippen LogP contribution in [0.1, 0.15) is 28.8 Å². The lowest BCUT2D eigenvalue weighted by Gasteiger charge is -2.11. The first-order valence-electron chi connectivity index (χ1n) is 9.84. The molecule has 1 aromatic heterocycles. The van der Waals surface area contributed by atoms with Gasteiger partial charge < -0.3 is 28.7 Å². The smallest absolute Gasteiger partial charge is 0.373 e. The largest absolute Gasteiger partial charge is 0.493 e. The fraction of sp³-hybridized carbons (Fsp3) is 0.273. The first-order valence-corrected chi connectivity index (χ1v) is 9.84. The van der Waals surface area contributed by atoms with Crippen LogP contribution in [0, 0.1) is 0 Å². The molecular formula is C22H22N2O9. The molecule has 11 heteroatoms. The van der Waals surface area contributed by atoms with Gasteiger partial charge in [-0.25, -0.2) is 14.4 Å². The summed E-state index contributed by atoms with van der Waals surface area (Å²) in [5.74, 6) is -0.901. The highest BCUT2D eigenvalue weighted by molar-refractivity contribution is 6.13. The van der Waals surface area contributed by atoms with Crippen molar-refractivity contribution in [3.63, 3.8) is 0 Å². The quantitative estimate of drug-likeness (QED) is 0.341. The van der Waals surface area contributed by atoms with Crippen molar-refractivity contribution in [1.29, 1.82) is 0 Å². The fourth-order valence-corrected chi connectivity index (χ4v) is 2.94. The maximum Gasteiger partial charge on any atom is 0.373 e. The second-order valence-corrected chi connectivity index (χ2v) is 6.64. The molecule has 0 radical (unpaired) electrons. The monoisotopic (exact) mass is 458 g/mol. The van der Waals surface area contributed by atoms with Gasteiger partial charge in [0, 0.05) is 0 Å². The summed E-state index contributed by atoms with van der Waals surface area (Å²) < 4.78 is 25.4. The number of furan rings is 1. The van der Waals surface area contributed by atoms with E-state index in [4.69, 9.17) is 18.6 Å². The lowest BCUT2D eigenvalue weighted by atomic mass is 10.1. The van der Waals surface area contributed by atoms with Gasteiger partial charge in [0.15, 0.2) is 18.1 Å². The number of ether oxygens (including phenoxy) is 4. The first-order chi connectivity index (χ1) is 15.9. The van der Waals surface area contributed by atoms with Crippen molar-refractivity contribution in [2.24, 2.45) is 0 Å². The van der Waals surface area contributed by atoms with Crippen molar-refractivity contribution in [3.05, 3.63) is 53.1 Å². The number of carbonyl (C=O) groups excluding carboxylic acids is 4. The molecule has 2 heterocycles. The van der Waals surface area contributed by atoms with E-state index in [0.29, 0.717) is 17.1 Å². The topological polar surface area (TPSA) is 134 Å². The minimum atomic E-state index is -0.664. The predicted octanol–water partition coefficient (Wildman–Crippen LogP) is 2.11. The predicted molar refractivity (Wildman–Crippen MR) is 112 cm³/mol. The van der Waals surface area contributed by atoms with Crippen LogP contribution in [0.4, 0.5) is 4.79 Å². The number of nitrogens with one attached hydrogen (secondary N) is 1. The van der Waals surface area contributed by atoms with E-state index >= 15 is 0 Å². The van der Waals surface area contributed by atoms with E-state index in [1.165, 1.54) is 32.4 Å². The number of urea groups is 1. The maximum absolute atomic E-state index is 12.7. The fourth-order valence-electron chi connectivity index (χ4n) is 2.94. The van der Waals surface area contributed by atoms with Crippen molar-refractivity contribution < 1.29 is 42.5 Å². The summed E-state index contributed by atoms with van der Waals surface area (Å²) in [6.45, 7) is 1.50. The molecule has 0 atom stereocenters. The average Bonchev–Trinajstić information content (AvgIpc) is 3.38. The third kappa shape index (κ3) is 5.50. The van der Waals surface area contributed by atoms with Gasteiger partial charge in [-0.3, -0.25) is 9.69 Å². The normalized spacial score (nSPS) is 14.3. The molecule has 0 unspecified atom stereocenters. The molecule has 1 N–H and O–H groups in total. The average molecular weight is 458 g/mol. The Labute approximate surface area is 188 Å². The summed E-state index contributed by atoms with van der Waals surface area (Å²) in [6, 6.07) is 7.03. The number of amides is 3. The van der Waals surface area contributed by atoms with Crippen molar-refractivity contribution in [1.82, 2.24) is 10.2 Å². The Morgan fingerprint density at radius 3 is 2.61 bits per heavy atom. The number of imide groups is 1. The molecule has 11 nitrogen and oxygen atoms in total. The number of hydrogen-bond acceptors (Lipinski definition) is 9. The third-order valence-electron chi connectivity index (χ3n) is 4.47. The second kappa shape index (κ2) is 10.4. The van der Waals surface area contributed by atoms with E-state index in [2.05, 4.69) is 10.1 Å². The molecule has 3 amide bonds. The molecule has 1 aliphatic heterocycles. The molecule has 0 saturated carbocycles. The van der Waals surface area contributed by atoms with E-state index < -0.39 is 23.9 Å². The molecule has 0 spiro atoms. The Kier molecular flexibility index (Phi) is 7.34. The van der Waals surface area contributed by atoms with Gasteiger partial charge in [0.25, 0.3) is 5.91 Å².